The van der Waals surface area contributed by atoms with Crippen molar-refractivity contribution in [3.05, 3.63) is 72.6 Å². The summed E-state index contributed by atoms with van der Waals surface area (Å²) in [5.74, 6) is 7.71. The standard InChI is InChI=1S/C22H21F/c1-2-17-3-5-18(6-4-17)7-8-19-9-11-20(12-10-19)21-13-15-22(23)16-14-21/h2,9-18H,1,3-6H2. The summed E-state index contributed by atoms with van der Waals surface area (Å²) in [6.45, 7) is 3.88. The summed E-state index contributed by atoms with van der Waals surface area (Å²) in [4.78, 5) is 0. The van der Waals surface area contributed by atoms with Crippen LogP contribution in [0.5, 0.6) is 0 Å². The van der Waals surface area contributed by atoms with Gasteiger partial charge in [-0.1, -0.05) is 42.2 Å². The molecule has 0 unspecified atom stereocenters. The minimum Gasteiger partial charge on any atom is -0.207 e. The van der Waals surface area contributed by atoms with Crippen molar-refractivity contribution >= 4 is 0 Å². The topological polar surface area (TPSA) is 0 Å². The molecule has 0 amide bonds. The smallest absolute Gasteiger partial charge is 0.123 e. The summed E-state index contributed by atoms with van der Waals surface area (Å²) in [5.41, 5.74) is 3.15. The second kappa shape index (κ2) is 7.29. The lowest BCUT2D eigenvalue weighted by molar-refractivity contribution is 0.365. The molecule has 1 aliphatic rings. The van der Waals surface area contributed by atoms with Gasteiger partial charge in [0.25, 0.3) is 0 Å². The first kappa shape index (κ1) is 15.6. The van der Waals surface area contributed by atoms with Gasteiger partial charge in [-0.15, -0.1) is 6.58 Å². The Labute approximate surface area is 138 Å². The van der Waals surface area contributed by atoms with Crippen molar-refractivity contribution in [3.8, 4) is 23.0 Å². The molecule has 0 bridgehead atoms. The maximum Gasteiger partial charge on any atom is 0.123 e. The zero-order valence-electron chi connectivity index (χ0n) is 13.3. The van der Waals surface area contributed by atoms with Crippen LogP contribution in [0.2, 0.25) is 0 Å². The summed E-state index contributed by atoms with van der Waals surface area (Å²) in [7, 11) is 0. The Morgan fingerprint density at radius 3 is 2.00 bits per heavy atom. The van der Waals surface area contributed by atoms with Crippen LogP contribution >= 0.6 is 0 Å². The van der Waals surface area contributed by atoms with Gasteiger partial charge in [0, 0.05) is 11.5 Å². The monoisotopic (exact) mass is 304 g/mol. The lowest BCUT2D eigenvalue weighted by Crippen LogP contribution is -2.11. The zero-order chi connectivity index (χ0) is 16.1. The molecule has 0 N–H and O–H groups in total. The molecule has 3 rings (SSSR count). The number of allylic oxidation sites excluding steroid dienone is 1. The summed E-state index contributed by atoms with van der Waals surface area (Å²) in [5, 5.41) is 0. The van der Waals surface area contributed by atoms with E-state index < -0.39 is 0 Å². The van der Waals surface area contributed by atoms with E-state index in [1.54, 1.807) is 12.1 Å². The minimum atomic E-state index is -0.206. The van der Waals surface area contributed by atoms with E-state index in [9.17, 15) is 4.39 Å². The second-order valence-corrected chi connectivity index (χ2v) is 6.20. The van der Waals surface area contributed by atoms with Gasteiger partial charge in [0.2, 0.25) is 0 Å². The van der Waals surface area contributed by atoms with Crippen molar-refractivity contribution in [1.29, 1.82) is 0 Å². The number of hydrogen-bond donors (Lipinski definition) is 0. The van der Waals surface area contributed by atoms with Gasteiger partial charge in [-0.05, 0) is 67.0 Å². The summed E-state index contributed by atoms with van der Waals surface area (Å²) in [6.07, 6.45) is 6.87. The van der Waals surface area contributed by atoms with Crippen molar-refractivity contribution < 1.29 is 4.39 Å². The number of hydrogen-bond acceptors (Lipinski definition) is 0. The van der Waals surface area contributed by atoms with Crippen LogP contribution in [-0.2, 0) is 0 Å². The predicted octanol–water partition coefficient (Wildman–Crippen LogP) is 5.84. The first-order chi connectivity index (χ1) is 11.2. The maximum absolute atomic E-state index is 13.0. The minimum absolute atomic E-state index is 0.206. The van der Waals surface area contributed by atoms with Crippen molar-refractivity contribution in [3.63, 3.8) is 0 Å². The number of benzene rings is 2. The highest BCUT2D eigenvalue weighted by molar-refractivity contribution is 5.64. The normalized spacial score (nSPS) is 20.4. The molecule has 0 aliphatic heterocycles. The molecule has 1 heteroatoms. The van der Waals surface area contributed by atoms with E-state index >= 15 is 0 Å². The van der Waals surface area contributed by atoms with Gasteiger partial charge in [-0.25, -0.2) is 4.39 Å². The van der Waals surface area contributed by atoms with E-state index in [0.717, 1.165) is 16.7 Å². The highest BCUT2D eigenvalue weighted by atomic mass is 19.1. The Morgan fingerprint density at radius 1 is 0.870 bits per heavy atom. The van der Waals surface area contributed by atoms with Gasteiger partial charge in [0.15, 0.2) is 0 Å². The van der Waals surface area contributed by atoms with E-state index in [1.807, 2.05) is 24.3 Å². The Hall–Kier alpha value is -2.33. The molecule has 0 radical (unpaired) electrons. The van der Waals surface area contributed by atoms with Gasteiger partial charge in [0.1, 0.15) is 5.82 Å². The molecule has 2 aromatic carbocycles. The fraction of sp³-hybridized carbons (Fsp3) is 0.273. The molecule has 2 aromatic rings. The largest absolute Gasteiger partial charge is 0.207 e. The van der Waals surface area contributed by atoms with Crippen LogP contribution in [0.25, 0.3) is 11.1 Å². The van der Waals surface area contributed by atoms with Gasteiger partial charge >= 0.3 is 0 Å². The van der Waals surface area contributed by atoms with Gasteiger partial charge in [-0.3, -0.25) is 0 Å². The maximum atomic E-state index is 13.0. The molecular formula is C22H21F. The van der Waals surface area contributed by atoms with Gasteiger partial charge in [-0.2, -0.15) is 0 Å². The quantitative estimate of drug-likeness (QED) is 0.483. The second-order valence-electron chi connectivity index (χ2n) is 6.20. The van der Waals surface area contributed by atoms with Crippen LogP contribution in [0.3, 0.4) is 0 Å². The fourth-order valence-corrected chi connectivity index (χ4v) is 3.07. The van der Waals surface area contributed by atoms with Crippen molar-refractivity contribution in [1.82, 2.24) is 0 Å². The summed E-state index contributed by atoms with van der Waals surface area (Å²) < 4.78 is 13.0. The molecule has 23 heavy (non-hydrogen) atoms. The summed E-state index contributed by atoms with van der Waals surface area (Å²) in [6, 6.07) is 14.8. The van der Waals surface area contributed by atoms with Crippen LogP contribution in [0, 0.1) is 29.5 Å². The van der Waals surface area contributed by atoms with Crippen molar-refractivity contribution in [2.45, 2.75) is 25.7 Å². The van der Waals surface area contributed by atoms with Crippen molar-refractivity contribution in [2.75, 3.05) is 0 Å². The van der Waals surface area contributed by atoms with E-state index in [0.29, 0.717) is 11.8 Å². The van der Waals surface area contributed by atoms with E-state index in [1.165, 1.54) is 37.8 Å². The first-order valence-corrected chi connectivity index (χ1v) is 8.24. The van der Waals surface area contributed by atoms with Gasteiger partial charge < -0.3 is 0 Å². The summed E-state index contributed by atoms with van der Waals surface area (Å²) >= 11 is 0. The molecule has 1 aliphatic carbocycles. The third-order valence-electron chi connectivity index (χ3n) is 4.59. The van der Waals surface area contributed by atoms with Crippen LogP contribution in [0.15, 0.2) is 61.2 Å². The molecule has 0 atom stereocenters. The Balaban J connectivity index is 1.65. The number of halogens is 1. The molecule has 1 fully saturated rings. The average Bonchev–Trinajstić information content (AvgIpc) is 2.61. The molecule has 0 spiro atoms. The van der Waals surface area contributed by atoms with Crippen LogP contribution < -0.4 is 0 Å². The van der Waals surface area contributed by atoms with E-state index in [4.69, 9.17) is 0 Å². The molecular weight excluding hydrogens is 283 g/mol. The van der Waals surface area contributed by atoms with Crippen LogP contribution in [-0.4, -0.2) is 0 Å². The Bertz CT molecular complexity index is 705. The third kappa shape index (κ3) is 4.11. The van der Waals surface area contributed by atoms with Crippen molar-refractivity contribution in [2.24, 2.45) is 11.8 Å². The SMILES string of the molecule is C=CC1CCC(C#Cc2ccc(-c3ccc(F)cc3)cc2)CC1. The third-order valence-corrected chi connectivity index (χ3v) is 4.59. The highest BCUT2D eigenvalue weighted by Crippen LogP contribution is 2.28. The molecule has 116 valence electrons. The van der Waals surface area contributed by atoms with Crippen LogP contribution in [0.4, 0.5) is 4.39 Å². The Morgan fingerprint density at radius 2 is 1.43 bits per heavy atom. The fourth-order valence-electron chi connectivity index (χ4n) is 3.07. The molecule has 0 nitrogen and oxygen atoms in total. The van der Waals surface area contributed by atoms with Crippen LogP contribution in [0.1, 0.15) is 31.2 Å². The molecule has 1 saturated carbocycles. The van der Waals surface area contributed by atoms with E-state index in [-0.39, 0.29) is 5.82 Å². The molecule has 0 heterocycles. The van der Waals surface area contributed by atoms with E-state index in [2.05, 4.69) is 24.5 Å². The predicted molar refractivity (Wildman–Crippen MR) is 94.4 cm³/mol. The molecule has 0 aromatic heterocycles. The molecule has 0 saturated heterocycles. The lowest BCUT2D eigenvalue weighted by Gasteiger charge is -2.22. The zero-order valence-corrected chi connectivity index (χ0v) is 13.3. The van der Waals surface area contributed by atoms with Gasteiger partial charge in [0.05, 0.1) is 0 Å². The average molecular weight is 304 g/mol. The first-order valence-electron chi connectivity index (χ1n) is 8.24. The lowest BCUT2D eigenvalue weighted by atomic mass is 9.82. The Kier molecular flexibility index (Phi) is 4.93. The number of rotatable bonds is 2. The highest BCUT2D eigenvalue weighted by Gasteiger charge is 2.17.